The summed E-state index contributed by atoms with van der Waals surface area (Å²) in [6.45, 7) is 4.39. The summed E-state index contributed by atoms with van der Waals surface area (Å²) in [5.74, 6) is 6.18. The van der Waals surface area contributed by atoms with Gasteiger partial charge in [0.25, 0.3) is 0 Å². The molecule has 4 nitrogen and oxygen atoms in total. The van der Waals surface area contributed by atoms with Crippen molar-refractivity contribution in [3.05, 3.63) is 59.7 Å². The Balaban J connectivity index is 2.10. The Morgan fingerprint density at radius 1 is 1.16 bits per heavy atom. The molecule has 1 aromatic carbocycles. The van der Waals surface area contributed by atoms with E-state index in [0.717, 1.165) is 12.1 Å². The average Bonchev–Trinajstić information content (AvgIpc) is 2.46. The van der Waals surface area contributed by atoms with Crippen LogP contribution in [-0.4, -0.2) is 9.97 Å². The quantitative estimate of drug-likeness (QED) is 0.636. The van der Waals surface area contributed by atoms with Gasteiger partial charge in [-0.15, -0.1) is 0 Å². The number of nitrogens with two attached hydrogens (primary N) is 1. The third-order valence-corrected chi connectivity index (χ3v) is 3.25. The van der Waals surface area contributed by atoms with E-state index in [2.05, 4.69) is 53.5 Å². The van der Waals surface area contributed by atoms with E-state index in [1.165, 1.54) is 11.1 Å². The fourth-order valence-corrected chi connectivity index (χ4v) is 2.03. The van der Waals surface area contributed by atoms with Crippen molar-refractivity contribution >= 4 is 0 Å². The minimum Gasteiger partial charge on any atom is -0.271 e. The maximum absolute atomic E-state index is 5.62. The normalized spacial score (nSPS) is 12.6. The smallest absolute Gasteiger partial charge is 0.115 e. The molecule has 0 spiro atoms. The van der Waals surface area contributed by atoms with Gasteiger partial charge in [-0.2, -0.15) is 0 Å². The average molecular weight is 256 g/mol. The van der Waals surface area contributed by atoms with Crippen LogP contribution in [0.25, 0.3) is 0 Å². The third-order valence-electron chi connectivity index (χ3n) is 3.25. The molecule has 0 aliphatic heterocycles. The summed E-state index contributed by atoms with van der Waals surface area (Å²) in [4.78, 5) is 8.16. The van der Waals surface area contributed by atoms with Gasteiger partial charge in [0.15, 0.2) is 0 Å². The Hall–Kier alpha value is -1.78. The Morgan fingerprint density at radius 2 is 1.89 bits per heavy atom. The van der Waals surface area contributed by atoms with Crippen LogP contribution in [-0.2, 0) is 6.42 Å². The number of rotatable bonds is 5. The molecular formula is C15H20N4. The fraction of sp³-hybridized carbons (Fsp3) is 0.333. The first-order valence-electron chi connectivity index (χ1n) is 6.51. The minimum absolute atomic E-state index is 0.00731. The summed E-state index contributed by atoms with van der Waals surface area (Å²) < 4.78 is 0. The van der Waals surface area contributed by atoms with E-state index in [1.807, 2.05) is 6.07 Å². The zero-order valence-corrected chi connectivity index (χ0v) is 11.4. The molecule has 2 aromatic rings. The molecule has 1 heterocycles. The molecule has 0 radical (unpaired) electrons. The van der Waals surface area contributed by atoms with Gasteiger partial charge in [-0.3, -0.25) is 11.3 Å². The van der Waals surface area contributed by atoms with E-state index < -0.39 is 0 Å². The zero-order valence-electron chi connectivity index (χ0n) is 11.4. The number of hydrazine groups is 1. The van der Waals surface area contributed by atoms with Gasteiger partial charge in [-0.05, 0) is 29.5 Å². The second kappa shape index (κ2) is 6.41. The van der Waals surface area contributed by atoms with Gasteiger partial charge in [-0.25, -0.2) is 9.97 Å². The lowest BCUT2D eigenvalue weighted by Gasteiger charge is -2.15. The van der Waals surface area contributed by atoms with Crippen LogP contribution in [0, 0.1) is 0 Å². The first kappa shape index (κ1) is 13.6. The van der Waals surface area contributed by atoms with E-state index in [1.54, 1.807) is 12.5 Å². The van der Waals surface area contributed by atoms with Crippen LogP contribution in [0.1, 0.15) is 42.6 Å². The van der Waals surface area contributed by atoms with Crippen molar-refractivity contribution in [3.63, 3.8) is 0 Å². The van der Waals surface area contributed by atoms with Crippen LogP contribution >= 0.6 is 0 Å². The molecule has 100 valence electrons. The third kappa shape index (κ3) is 3.59. The van der Waals surface area contributed by atoms with Crippen LogP contribution in [0.4, 0.5) is 0 Å². The Morgan fingerprint density at radius 3 is 2.42 bits per heavy atom. The van der Waals surface area contributed by atoms with Crippen molar-refractivity contribution in [3.8, 4) is 0 Å². The van der Waals surface area contributed by atoms with E-state index in [-0.39, 0.29) is 6.04 Å². The first-order valence-corrected chi connectivity index (χ1v) is 6.51. The van der Waals surface area contributed by atoms with Gasteiger partial charge >= 0.3 is 0 Å². The van der Waals surface area contributed by atoms with Crippen molar-refractivity contribution in [2.75, 3.05) is 0 Å². The van der Waals surface area contributed by atoms with Crippen molar-refractivity contribution in [2.24, 2.45) is 5.84 Å². The minimum atomic E-state index is 0.00731. The van der Waals surface area contributed by atoms with Crippen LogP contribution in [0.15, 0.2) is 42.9 Å². The number of aromatic nitrogens is 2. The molecule has 1 aromatic heterocycles. The lowest BCUT2D eigenvalue weighted by atomic mass is 9.98. The molecule has 0 saturated carbocycles. The van der Waals surface area contributed by atoms with Crippen molar-refractivity contribution in [2.45, 2.75) is 32.2 Å². The highest BCUT2D eigenvalue weighted by Crippen LogP contribution is 2.18. The summed E-state index contributed by atoms with van der Waals surface area (Å²) in [6, 6.07) is 10.5. The standard InChI is InChI=1S/C15H20N4/c1-11(2)13-5-3-12(4-6-13)9-15(19-16)14-7-8-17-10-18-14/h3-8,10-11,15,19H,9,16H2,1-2H3. The fourth-order valence-electron chi connectivity index (χ4n) is 2.03. The predicted octanol–water partition coefficient (Wildman–Crippen LogP) is 2.35. The van der Waals surface area contributed by atoms with Crippen LogP contribution in [0.5, 0.6) is 0 Å². The SMILES string of the molecule is CC(C)c1ccc(CC(NN)c2ccncn2)cc1. The summed E-state index contributed by atoms with van der Waals surface area (Å²) >= 11 is 0. The summed E-state index contributed by atoms with van der Waals surface area (Å²) in [5.41, 5.74) is 6.31. The van der Waals surface area contributed by atoms with Gasteiger partial charge < -0.3 is 0 Å². The van der Waals surface area contributed by atoms with Gasteiger partial charge in [0.05, 0.1) is 11.7 Å². The van der Waals surface area contributed by atoms with Crippen LogP contribution in [0.2, 0.25) is 0 Å². The van der Waals surface area contributed by atoms with Gasteiger partial charge in [0.2, 0.25) is 0 Å². The molecule has 1 unspecified atom stereocenters. The topological polar surface area (TPSA) is 63.8 Å². The zero-order chi connectivity index (χ0) is 13.7. The molecule has 2 rings (SSSR count). The van der Waals surface area contributed by atoms with Gasteiger partial charge in [-0.1, -0.05) is 38.1 Å². The molecule has 1 atom stereocenters. The van der Waals surface area contributed by atoms with E-state index in [9.17, 15) is 0 Å². The lowest BCUT2D eigenvalue weighted by Crippen LogP contribution is -2.30. The number of benzene rings is 1. The number of nitrogens with one attached hydrogen (secondary N) is 1. The molecular weight excluding hydrogens is 236 g/mol. The molecule has 0 aliphatic rings. The van der Waals surface area contributed by atoms with Crippen LogP contribution in [0.3, 0.4) is 0 Å². The molecule has 0 amide bonds. The molecule has 3 N–H and O–H groups in total. The summed E-state index contributed by atoms with van der Waals surface area (Å²) in [6.07, 6.45) is 4.09. The number of hydrogen-bond acceptors (Lipinski definition) is 4. The van der Waals surface area contributed by atoms with E-state index >= 15 is 0 Å². The highest BCUT2D eigenvalue weighted by molar-refractivity contribution is 5.26. The molecule has 0 aliphatic carbocycles. The van der Waals surface area contributed by atoms with Crippen molar-refractivity contribution in [1.82, 2.24) is 15.4 Å². The second-order valence-corrected chi connectivity index (χ2v) is 4.95. The van der Waals surface area contributed by atoms with Crippen molar-refractivity contribution in [1.29, 1.82) is 0 Å². The lowest BCUT2D eigenvalue weighted by molar-refractivity contribution is 0.537. The Labute approximate surface area is 114 Å². The highest BCUT2D eigenvalue weighted by atomic mass is 15.2. The predicted molar refractivity (Wildman–Crippen MR) is 76.3 cm³/mol. The summed E-state index contributed by atoms with van der Waals surface area (Å²) in [7, 11) is 0. The van der Waals surface area contributed by atoms with E-state index in [4.69, 9.17) is 5.84 Å². The second-order valence-electron chi connectivity index (χ2n) is 4.95. The van der Waals surface area contributed by atoms with Crippen LogP contribution < -0.4 is 11.3 Å². The number of nitrogens with zero attached hydrogens (tertiary/aromatic N) is 2. The Bertz CT molecular complexity index is 493. The monoisotopic (exact) mass is 256 g/mol. The molecule has 0 bridgehead atoms. The maximum atomic E-state index is 5.62. The largest absolute Gasteiger partial charge is 0.271 e. The number of hydrogen-bond donors (Lipinski definition) is 2. The molecule has 0 saturated heterocycles. The maximum Gasteiger partial charge on any atom is 0.115 e. The Kier molecular flexibility index (Phi) is 4.60. The first-order chi connectivity index (χ1) is 9.20. The van der Waals surface area contributed by atoms with Gasteiger partial charge in [0.1, 0.15) is 6.33 Å². The highest BCUT2D eigenvalue weighted by Gasteiger charge is 2.11. The van der Waals surface area contributed by atoms with E-state index in [0.29, 0.717) is 5.92 Å². The molecule has 19 heavy (non-hydrogen) atoms. The van der Waals surface area contributed by atoms with Gasteiger partial charge in [0, 0.05) is 6.20 Å². The van der Waals surface area contributed by atoms with Crippen molar-refractivity contribution < 1.29 is 0 Å². The molecule has 0 fully saturated rings. The summed E-state index contributed by atoms with van der Waals surface area (Å²) in [5, 5.41) is 0. The molecule has 4 heteroatoms.